The van der Waals surface area contributed by atoms with Crippen LogP contribution in [0.5, 0.6) is 0 Å². The van der Waals surface area contributed by atoms with Crippen LogP contribution in [-0.4, -0.2) is 10.5 Å². The van der Waals surface area contributed by atoms with Gasteiger partial charge >= 0.3 is 0 Å². The third-order valence-electron chi connectivity index (χ3n) is 4.56. The van der Waals surface area contributed by atoms with Gasteiger partial charge in [-0.05, 0) is 38.0 Å². The predicted octanol–water partition coefficient (Wildman–Crippen LogP) is 4.77. The quantitative estimate of drug-likeness (QED) is 0.721. The van der Waals surface area contributed by atoms with Crippen LogP contribution in [0, 0.1) is 23.2 Å². The summed E-state index contributed by atoms with van der Waals surface area (Å²) in [5.74, 6) is 1.23. The Morgan fingerprint density at radius 2 is 1.88 bits per heavy atom. The van der Waals surface area contributed by atoms with Gasteiger partial charge in [0.05, 0.1) is 12.0 Å². The molecule has 0 aliphatic heterocycles. The molecule has 1 nitrogen and oxygen atoms in total. The summed E-state index contributed by atoms with van der Waals surface area (Å²) < 4.78 is 0. The lowest BCUT2D eigenvalue weighted by atomic mass is 9.81. The Labute approximate surface area is 110 Å². The molecule has 0 spiro atoms. The molecule has 0 aromatic heterocycles. The fraction of sp³-hybridized carbons (Fsp3) is 0.933. The number of hydrogen-bond acceptors (Lipinski definition) is 2. The highest BCUT2D eigenvalue weighted by atomic mass is 32.2. The van der Waals surface area contributed by atoms with Crippen LogP contribution in [-0.2, 0) is 0 Å². The van der Waals surface area contributed by atoms with E-state index in [1.165, 1.54) is 51.4 Å². The highest BCUT2D eigenvalue weighted by molar-refractivity contribution is 8.00. The zero-order chi connectivity index (χ0) is 12.1. The molecule has 0 bridgehead atoms. The molecule has 2 aliphatic rings. The first kappa shape index (κ1) is 13.3. The van der Waals surface area contributed by atoms with Crippen molar-refractivity contribution in [1.29, 1.82) is 5.26 Å². The second-order valence-corrected chi connectivity index (χ2v) is 7.30. The van der Waals surface area contributed by atoms with E-state index in [0.29, 0.717) is 11.2 Å². The minimum absolute atomic E-state index is 0.338. The van der Waals surface area contributed by atoms with Crippen molar-refractivity contribution in [3.05, 3.63) is 0 Å². The van der Waals surface area contributed by atoms with Gasteiger partial charge in [-0.3, -0.25) is 0 Å². The standard InChI is InChI=1S/C15H25NS/c1-2-12-8-9-13(11-16)15(10-12)17-14-6-4-3-5-7-14/h12-15H,2-10H2,1H3. The molecule has 2 aliphatic carbocycles. The molecule has 0 aromatic rings. The molecule has 0 heterocycles. The Balaban J connectivity index is 1.88. The molecule has 3 atom stereocenters. The van der Waals surface area contributed by atoms with Crippen LogP contribution in [0.25, 0.3) is 0 Å². The molecule has 2 heteroatoms. The fourth-order valence-electron chi connectivity index (χ4n) is 3.33. The molecule has 0 radical (unpaired) electrons. The number of nitrogens with zero attached hydrogens (tertiary/aromatic N) is 1. The smallest absolute Gasteiger partial charge is 0.0667 e. The van der Waals surface area contributed by atoms with Crippen LogP contribution in [0.1, 0.15) is 64.7 Å². The molecule has 0 saturated heterocycles. The summed E-state index contributed by atoms with van der Waals surface area (Å²) in [5.41, 5.74) is 0. The van der Waals surface area contributed by atoms with Gasteiger partial charge in [0, 0.05) is 10.5 Å². The van der Waals surface area contributed by atoms with E-state index in [4.69, 9.17) is 0 Å². The van der Waals surface area contributed by atoms with Gasteiger partial charge in [0.1, 0.15) is 0 Å². The van der Waals surface area contributed by atoms with Gasteiger partial charge in [0.25, 0.3) is 0 Å². The average Bonchev–Trinajstić information content (AvgIpc) is 2.40. The lowest BCUT2D eigenvalue weighted by Gasteiger charge is -2.35. The van der Waals surface area contributed by atoms with Crippen LogP contribution >= 0.6 is 11.8 Å². The van der Waals surface area contributed by atoms with Crippen LogP contribution in [0.3, 0.4) is 0 Å². The molecule has 0 aromatic carbocycles. The lowest BCUT2D eigenvalue weighted by molar-refractivity contribution is 0.316. The summed E-state index contributed by atoms with van der Waals surface area (Å²) in [6, 6.07) is 2.57. The molecule has 3 unspecified atom stereocenters. The Hall–Kier alpha value is -0.160. The summed E-state index contributed by atoms with van der Waals surface area (Å²) in [5, 5.41) is 10.8. The highest BCUT2D eigenvalue weighted by Gasteiger charge is 2.32. The Bertz CT molecular complexity index is 265. The van der Waals surface area contributed by atoms with Gasteiger partial charge in [-0.1, -0.05) is 32.6 Å². The van der Waals surface area contributed by atoms with E-state index in [1.54, 1.807) is 0 Å². The summed E-state index contributed by atoms with van der Waals surface area (Å²) in [7, 11) is 0. The van der Waals surface area contributed by atoms with Gasteiger partial charge in [-0.15, -0.1) is 0 Å². The molecule has 2 saturated carbocycles. The van der Waals surface area contributed by atoms with Crippen molar-refractivity contribution in [2.75, 3.05) is 0 Å². The maximum absolute atomic E-state index is 9.29. The van der Waals surface area contributed by atoms with Crippen LogP contribution < -0.4 is 0 Å². The monoisotopic (exact) mass is 251 g/mol. The van der Waals surface area contributed by atoms with E-state index in [-0.39, 0.29) is 0 Å². The van der Waals surface area contributed by atoms with E-state index in [1.807, 2.05) is 0 Å². The van der Waals surface area contributed by atoms with Crippen LogP contribution in [0.2, 0.25) is 0 Å². The molecule has 0 N–H and O–H groups in total. The second-order valence-electron chi connectivity index (χ2n) is 5.76. The van der Waals surface area contributed by atoms with E-state index in [2.05, 4.69) is 24.8 Å². The topological polar surface area (TPSA) is 23.8 Å². The average molecular weight is 251 g/mol. The fourth-order valence-corrected chi connectivity index (χ4v) is 5.20. The largest absolute Gasteiger partial charge is 0.198 e. The third-order valence-corrected chi connectivity index (χ3v) is 6.29. The summed E-state index contributed by atoms with van der Waals surface area (Å²) in [6.45, 7) is 2.31. The molecule has 2 rings (SSSR count). The lowest BCUT2D eigenvalue weighted by Crippen LogP contribution is -2.28. The van der Waals surface area contributed by atoms with Crippen LogP contribution in [0.15, 0.2) is 0 Å². The van der Waals surface area contributed by atoms with E-state index in [0.717, 1.165) is 17.6 Å². The molecular weight excluding hydrogens is 226 g/mol. The number of hydrogen-bond donors (Lipinski definition) is 0. The Kier molecular flexibility index (Phi) is 5.22. The van der Waals surface area contributed by atoms with Crippen molar-refractivity contribution in [2.24, 2.45) is 11.8 Å². The minimum atomic E-state index is 0.338. The summed E-state index contributed by atoms with van der Waals surface area (Å²) in [6.07, 6.45) is 12.1. The van der Waals surface area contributed by atoms with Gasteiger partial charge in [0.2, 0.25) is 0 Å². The van der Waals surface area contributed by atoms with Crippen LogP contribution in [0.4, 0.5) is 0 Å². The second kappa shape index (κ2) is 6.69. The summed E-state index contributed by atoms with van der Waals surface area (Å²) in [4.78, 5) is 0. The third kappa shape index (κ3) is 3.65. The molecular formula is C15H25NS. The van der Waals surface area contributed by atoms with Gasteiger partial charge in [-0.2, -0.15) is 17.0 Å². The van der Waals surface area contributed by atoms with Gasteiger partial charge in [-0.25, -0.2) is 0 Å². The Morgan fingerprint density at radius 1 is 1.12 bits per heavy atom. The Morgan fingerprint density at radius 3 is 2.53 bits per heavy atom. The van der Waals surface area contributed by atoms with E-state index < -0.39 is 0 Å². The highest BCUT2D eigenvalue weighted by Crippen LogP contribution is 2.42. The number of thioether (sulfide) groups is 1. The molecule has 96 valence electrons. The van der Waals surface area contributed by atoms with Crippen molar-refractivity contribution in [1.82, 2.24) is 0 Å². The maximum Gasteiger partial charge on any atom is 0.0667 e. The van der Waals surface area contributed by atoms with Gasteiger partial charge in [0.15, 0.2) is 0 Å². The van der Waals surface area contributed by atoms with E-state index in [9.17, 15) is 5.26 Å². The first-order valence-electron chi connectivity index (χ1n) is 7.38. The van der Waals surface area contributed by atoms with E-state index >= 15 is 0 Å². The SMILES string of the molecule is CCC1CCC(C#N)C(SC2CCCCC2)C1. The predicted molar refractivity (Wildman–Crippen MR) is 75.0 cm³/mol. The molecule has 0 amide bonds. The maximum atomic E-state index is 9.29. The van der Waals surface area contributed by atoms with Crippen molar-refractivity contribution in [3.63, 3.8) is 0 Å². The number of rotatable bonds is 3. The zero-order valence-electron chi connectivity index (χ0n) is 11.0. The summed E-state index contributed by atoms with van der Waals surface area (Å²) >= 11 is 2.17. The normalized spacial score (nSPS) is 35.4. The first-order chi connectivity index (χ1) is 8.33. The molecule has 17 heavy (non-hydrogen) atoms. The molecule has 2 fully saturated rings. The van der Waals surface area contributed by atoms with Crippen molar-refractivity contribution in [2.45, 2.75) is 75.2 Å². The van der Waals surface area contributed by atoms with Gasteiger partial charge < -0.3 is 0 Å². The van der Waals surface area contributed by atoms with Crippen molar-refractivity contribution in [3.8, 4) is 6.07 Å². The number of nitriles is 1. The first-order valence-corrected chi connectivity index (χ1v) is 8.32. The minimum Gasteiger partial charge on any atom is -0.198 e. The van der Waals surface area contributed by atoms with Crippen molar-refractivity contribution >= 4 is 11.8 Å². The van der Waals surface area contributed by atoms with Crippen molar-refractivity contribution < 1.29 is 0 Å². The zero-order valence-corrected chi connectivity index (χ0v) is 11.8.